The fraction of sp³-hybridized carbons (Fsp3) is 1.00. The Kier molecular flexibility index (Phi) is 11.2. The van der Waals surface area contributed by atoms with E-state index in [1.807, 2.05) is 5.34 Å². The monoisotopic (exact) mass is 124 g/mol. The lowest BCUT2D eigenvalue weighted by molar-refractivity contribution is -0.742. The van der Waals surface area contributed by atoms with Crippen molar-refractivity contribution in [2.24, 2.45) is 5.34 Å². The van der Waals surface area contributed by atoms with Crippen LogP contribution in [0.2, 0.25) is 0 Å². The molecule has 0 aliphatic rings. The van der Waals surface area contributed by atoms with E-state index in [-0.39, 0.29) is 0 Å². The lowest BCUT2D eigenvalue weighted by atomic mass is 11.7. The van der Waals surface area contributed by atoms with E-state index in [0.29, 0.717) is 0 Å². The Hall–Kier alpha value is -1.40. The topological polar surface area (TPSA) is 102 Å². The van der Waals surface area contributed by atoms with Gasteiger partial charge >= 0.3 is 0 Å². The summed E-state index contributed by atoms with van der Waals surface area (Å²) >= 11 is 0. The van der Waals surface area contributed by atoms with Crippen LogP contribution >= 0.6 is 0 Å². The van der Waals surface area contributed by atoms with E-state index in [0.717, 1.165) is 0 Å². The van der Waals surface area contributed by atoms with Crippen molar-refractivity contribution in [2.45, 2.75) is 0 Å². The van der Waals surface area contributed by atoms with Crippen molar-refractivity contribution in [3.63, 3.8) is 0 Å². The number of rotatable bonds is 1. The third-order valence-corrected chi connectivity index (χ3v) is 0.0745. The van der Waals surface area contributed by atoms with E-state index in [2.05, 4.69) is 4.84 Å². The molecule has 0 aromatic rings. The van der Waals surface area contributed by atoms with Crippen molar-refractivity contribution in [3.05, 3.63) is 15.0 Å². The van der Waals surface area contributed by atoms with Crippen molar-refractivity contribution in [3.8, 4) is 0 Å². The van der Waals surface area contributed by atoms with Gasteiger partial charge in [-0.25, -0.2) is 0 Å². The SMILES string of the molecule is CON=O.O=[N+]([O-])O. The number of nitrogens with zero attached hydrogens (tertiary/aromatic N) is 2. The van der Waals surface area contributed by atoms with Crippen LogP contribution in [0.1, 0.15) is 0 Å². The van der Waals surface area contributed by atoms with Crippen molar-refractivity contribution < 1.29 is 15.1 Å². The molecule has 0 radical (unpaired) electrons. The van der Waals surface area contributed by atoms with Crippen LogP contribution in [0.3, 0.4) is 0 Å². The Balaban J connectivity index is 0. The second-order valence-corrected chi connectivity index (χ2v) is 0.495. The first-order chi connectivity index (χ1) is 3.65. The van der Waals surface area contributed by atoms with Gasteiger partial charge < -0.3 is 10.0 Å². The van der Waals surface area contributed by atoms with Gasteiger partial charge in [-0.1, -0.05) is 0 Å². The highest BCUT2D eigenvalue weighted by Gasteiger charge is 1.65. The molecule has 0 aromatic heterocycles. The molecule has 0 heterocycles. The highest BCUT2D eigenvalue weighted by molar-refractivity contribution is 3.90. The van der Waals surface area contributed by atoms with Crippen LogP contribution in [0.5, 0.6) is 0 Å². The summed E-state index contributed by atoms with van der Waals surface area (Å²) in [6.07, 6.45) is 0. The van der Waals surface area contributed by atoms with Crippen LogP contribution < -0.4 is 0 Å². The molecule has 7 nitrogen and oxygen atoms in total. The van der Waals surface area contributed by atoms with Gasteiger partial charge in [-0.2, -0.15) is 0 Å². The van der Waals surface area contributed by atoms with Crippen molar-refractivity contribution in [1.29, 1.82) is 0 Å². The van der Waals surface area contributed by atoms with Gasteiger partial charge in [0.15, 0.2) is 5.34 Å². The average Bonchev–Trinajstić information content (AvgIpc) is 1.65. The molecule has 0 atom stereocenters. The summed E-state index contributed by atoms with van der Waals surface area (Å²) in [6, 6.07) is 0. The third kappa shape index (κ3) is 373. The molecule has 0 aliphatic heterocycles. The first-order valence-corrected chi connectivity index (χ1v) is 1.34. The summed E-state index contributed by atoms with van der Waals surface area (Å²) < 4.78 is 0. The molecule has 0 fully saturated rings. The molecular formula is CH4N2O5. The lowest BCUT2D eigenvalue weighted by Crippen LogP contribution is -1.81. The first-order valence-electron chi connectivity index (χ1n) is 1.34. The smallest absolute Gasteiger partial charge is 0.291 e. The molecule has 0 saturated heterocycles. The molecule has 8 heavy (non-hydrogen) atoms. The maximum Gasteiger partial charge on any atom is 0.291 e. The van der Waals surface area contributed by atoms with Gasteiger partial charge in [0.05, 0.1) is 0 Å². The number of hydrogen-bond donors (Lipinski definition) is 1. The zero-order valence-corrected chi connectivity index (χ0v) is 3.97. The van der Waals surface area contributed by atoms with Gasteiger partial charge in [0, 0.05) is 0 Å². The normalized spacial score (nSPS) is 5.62. The van der Waals surface area contributed by atoms with Crippen LogP contribution in [0.15, 0.2) is 5.34 Å². The Labute approximate surface area is 43.9 Å². The largest absolute Gasteiger partial charge is 0.367 e. The molecule has 0 unspecified atom stereocenters. The molecule has 0 aromatic carbocycles. The second-order valence-electron chi connectivity index (χ2n) is 0.495. The summed E-state index contributed by atoms with van der Waals surface area (Å²) in [6.45, 7) is 0. The van der Waals surface area contributed by atoms with E-state index in [1.165, 1.54) is 7.11 Å². The minimum Gasteiger partial charge on any atom is -0.367 e. The van der Waals surface area contributed by atoms with Gasteiger partial charge in [-0.05, 0) is 0 Å². The van der Waals surface area contributed by atoms with E-state index < -0.39 is 5.09 Å². The highest BCUT2D eigenvalue weighted by Crippen LogP contribution is 1.52. The lowest BCUT2D eigenvalue weighted by Gasteiger charge is -1.63. The third-order valence-electron chi connectivity index (χ3n) is 0.0745. The van der Waals surface area contributed by atoms with Crippen molar-refractivity contribution in [2.75, 3.05) is 7.11 Å². The van der Waals surface area contributed by atoms with Crippen LogP contribution in [0, 0.1) is 15.0 Å². The molecule has 0 bridgehead atoms. The van der Waals surface area contributed by atoms with Crippen LogP contribution in [0.25, 0.3) is 0 Å². The zero-order chi connectivity index (χ0) is 6.99. The Bertz CT molecular complexity index is 66.8. The second kappa shape index (κ2) is 9.14. The van der Waals surface area contributed by atoms with E-state index in [1.54, 1.807) is 0 Å². The zero-order valence-electron chi connectivity index (χ0n) is 3.97. The Morgan fingerprint density at radius 1 is 1.88 bits per heavy atom. The average molecular weight is 124 g/mol. The van der Waals surface area contributed by atoms with Crippen LogP contribution in [0.4, 0.5) is 0 Å². The van der Waals surface area contributed by atoms with Gasteiger partial charge in [-0.3, -0.25) is 0 Å². The molecule has 0 rings (SSSR count). The van der Waals surface area contributed by atoms with Crippen LogP contribution in [-0.2, 0) is 4.84 Å². The summed E-state index contributed by atoms with van der Waals surface area (Å²) in [5.41, 5.74) is 0. The number of hydrogen-bond acceptors (Lipinski definition) is 5. The molecule has 48 valence electrons. The van der Waals surface area contributed by atoms with Crippen LogP contribution in [-0.4, -0.2) is 17.4 Å². The summed E-state index contributed by atoms with van der Waals surface area (Å²) in [4.78, 5) is 20.7. The standard InChI is InChI=1S/CH3NO2.HNO3/c1-4-2-3;2-1(3)4/h1H3;(H,2,3,4). The van der Waals surface area contributed by atoms with Gasteiger partial charge in [0.1, 0.15) is 7.11 Å². The van der Waals surface area contributed by atoms with Gasteiger partial charge in [0.2, 0.25) is 0 Å². The predicted octanol–water partition coefficient (Wildman–Crippen LogP) is -0.0335. The molecule has 0 aliphatic carbocycles. The van der Waals surface area contributed by atoms with E-state index >= 15 is 0 Å². The van der Waals surface area contributed by atoms with Gasteiger partial charge in [0.25, 0.3) is 5.09 Å². The fourth-order valence-electron chi connectivity index (χ4n) is 0. The Morgan fingerprint density at radius 3 is 2.00 bits per heavy atom. The maximum absolute atomic E-state index is 8.70. The van der Waals surface area contributed by atoms with E-state index in [4.69, 9.17) is 20.2 Å². The van der Waals surface area contributed by atoms with Crippen molar-refractivity contribution >= 4 is 0 Å². The summed E-state index contributed by atoms with van der Waals surface area (Å²) in [5.74, 6) is 0. The Morgan fingerprint density at radius 2 is 2.00 bits per heavy atom. The maximum atomic E-state index is 8.70. The minimum absolute atomic E-state index is 1.20. The molecule has 0 amide bonds. The highest BCUT2D eigenvalue weighted by atomic mass is 16.9. The molecule has 7 heteroatoms. The van der Waals surface area contributed by atoms with E-state index in [9.17, 15) is 0 Å². The molecular weight excluding hydrogens is 120 g/mol. The first kappa shape index (κ1) is 9.78. The molecule has 1 N–H and O–H groups in total. The summed E-state index contributed by atoms with van der Waals surface area (Å²) in [7, 11) is 1.20. The minimum atomic E-state index is -1.50. The molecule has 0 saturated carbocycles. The van der Waals surface area contributed by atoms with Gasteiger partial charge in [-0.15, -0.1) is 15.0 Å². The summed E-state index contributed by atoms with van der Waals surface area (Å²) in [5, 5.41) is 15.6. The quantitative estimate of drug-likeness (QED) is 0.300. The predicted molar refractivity (Wildman–Crippen MR) is 21.6 cm³/mol. The fourth-order valence-corrected chi connectivity index (χ4v) is 0. The molecule has 0 spiro atoms. The van der Waals surface area contributed by atoms with Crippen molar-refractivity contribution in [1.82, 2.24) is 0 Å².